The standard InChI is InChI=1S/C11H17N3/c1-3-10(7-12-5-1)8-14-11-4-2-6-13-9-11/h1,3,5,7,11,13-14H,2,4,6,8-9H2/t11-/m0/s1. The zero-order chi connectivity index (χ0) is 9.64. The van der Waals surface area contributed by atoms with Crippen LogP contribution in [0.5, 0.6) is 0 Å². The molecule has 0 amide bonds. The van der Waals surface area contributed by atoms with Gasteiger partial charge in [0.15, 0.2) is 0 Å². The number of nitrogens with one attached hydrogen (secondary N) is 2. The fourth-order valence-electron chi connectivity index (χ4n) is 1.79. The van der Waals surface area contributed by atoms with E-state index >= 15 is 0 Å². The maximum absolute atomic E-state index is 4.09. The molecule has 0 spiro atoms. The van der Waals surface area contributed by atoms with Crippen LogP contribution in [0.15, 0.2) is 24.5 Å². The Balaban J connectivity index is 1.76. The molecule has 2 rings (SSSR count). The number of hydrogen-bond donors (Lipinski definition) is 2. The lowest BCUT2D eigenvalue weighted by molar-refractivity contribution is 0.389. The molecule has 1 saturated heterocycles. The third-order valence-electron chi connectivity index (χ3n) is 2.61. The van der Waals surface area contributed by atoms with Crippen molar-refractivity contribution in [3.05, 3.63) is 30.1 Å². The summed E-state index contributed by atoms with van der Waals surface area (Å²) in [6.45, 7) is 3.20. The number of pyridine rings is 1. The Morgan fingerprint density at radius 2 is 2.57 bits per heavy atom. The third-order valence-corrected chi connectivity index (χ3v) is 2.61. The van der Waals surface area contributed by atoms with E-state index in [2.05, 4.69) is 21.7 Å². The van der Waals surface area contributed by atoms with E-state index in [1.54, 1.807) is 0 Å². The summed E-state index contributed by atoms with van der Waals surface area (Å²) in [6, 6.07) is 4.72. The summed E-state index contributed by atoms with van der Waals surface area (Å²) in [5.41, 5.74) is 1.26. The molecular weight excluding hydrogens is 174 g/mol. The quantitative estimate of drug-likeness (QED) is 0.746. The minimum atomic E-state index is 0.629. The summed E-state index contributed by atoms with van der Waals surface area (Å²) >= 11 is 0. The minimum absolute atomic E-state index is 0.629. The molecule has 76 valence electrons. The largest absolute Gasteiger partial charge is 0.315 e. The molecule has 1 aliphatic rings. The summed E-state index contributed by atoms with van der Waals surface area (Å²) in [6.07, 6.45) is 6.30. The Hall–Kier alpha value is -0.930. The number of rotatable bonds is 3. The van der Waals surface area contributed by atoms with E-state index in [1.165, 1.54) is 24.9 Å². The smallest absolute Gasteiger partial charge is 0.0312 e. The highest BCUT2D eigenvalue weighted by Crippen LogP contribution is 2.03. The van der Waals surface area contributed by atoms with Gasteiger partial charge in [-0.1, -0.05) is 6.07 Å². The molecule has 0 aromatic carbocycles. The van der Waals surface area contributed by atoms with Crippen LogP contribution in [0.3, 0.4) is 0 Å². The fraction of sp³-hybridized carbons (Fsp3) is 0.545. The van der Waals surface area contributed by atoms with Crippen molar-refractivity contribution < 1.29 is 0 Å². The van der Waals surface area contributed by atoms with Crippen LogP contribution in [-0.4, -0.2) is 24.1 Å². The van der Waals surface area contributed by atoms with Crippen LogP contribution >= 0.6 is 0 Å². The van der Waals surface area contributed by atoms with Crippen molar-refractivity contribution in [1.82, 2.24) is 15.6 Å². The second kappa shape index (κ2) is 5.08. The van der Waals surface area contributed by atoms with Crippen molar-refractivity contribution in [1.29, 1.82) is 0 Å². The van der Waals surface area contributed by atoms with Crippen molar-refractivity contribution >= 4 is 0 Å². The molecular formula is C11H17N3. The van der Waals surface area contributed by atoms with Gasteiger partial charge in [-0.15, -0.1) is 0 Å². The van der Waals surface area contributed by atoms with Crippen LogP contribution in [0.1, 0.15) is 18.4 Å². The molecule has 14 heavy (non-hydrogen) atoms. The van der Waals surface area contributed by atoms with Crippen molar-refractivity contribution in [2.75, 3.05) is 13.1 Å². The molecule has 2 heterocycles. The molecule has 1 fully saturated rings. The van der Waals surface area contributed by atoms with E-state index in [0.717, 1.165) is 13.1 Å². The average Bonchev–Trinajstić information content (AvgIpc) is 2.29. The first kappa shape index (κ1) is 9.62. The van der Waals surface area contributed by atoms with Gasteiger partial charge in [0.05, 0.1) is 0 Å². The van der Waals surface area contributed by atoms with Crippen LogP contribution in [0.25, 0.3) is 0 Å². The Kier molecular flexibility index (Phi) is 3.49. The molecule has 1 atom stereocenters. The van der Waals surface area contributed by atoms with E-state index in [4.69, 9.17) is 0 Å². The van der Waals surface area contributed by atoms with Crippen LogP contribution in [0.2, 0.25) is 0 Å². The van der Waals surface area contributed by atoms with Gasteiger partial charge in [-0.05, 0) is 31.0 Å². The first-order valence-electron chi connectivity index (χ1n) is 5.28. The molecule has 0 bridgehead atoms. The highest BCUT2D eigenvalue weighted by atomic mass is 15.0. The van der Waals surface area contributed by atoms with Gasteiger partial charge in [-0.3, -0.25) is 4.98 Å². The zero-order valence-electron chi connectivity index (χ0n) is 8.37. The van der Waals surface area contributed by atoms with Crippen molar-refractivity contribution in [2.24, 2.45) is 0 Å². The van der Waals surface area contributed by atoms with Gasteiger partial charge in [0, 0.05) is 31.5 Å². The van der Waals surface area contributed by atoms with Crippen molar-refractivity contribution in [3.8, 4) is 0 Å². The van der Waals surface area contributed by atoms with E-state index in [1.807, 2.05) is 18.5 Å². The Morgan fingerprint density at radius 1 is 1.57 bits per heavy atom. The molecule has 1 aromatic heterocycles. The number of piperidine rings is 1. The summed E-state index contributed by atoms with van der Waals surface area (Å²) < 4.78 is 0. The van der Waals surface area contributed by atoms with Gasteiger partial charge in [-0.2, -0.15) is 0 Å². The van der Waals surface area contributed by atoms with E-state index in [9.17, 15) is 0 Å². The molecule has 0 radical (unpaired) electrons. The number of nitrogens with zero attached hydrogens (tertiary/aromatic N) is 1. The molecule has 3 nitrogen and oxygen atoms in total. The molecule has 0 saturated carbocycles. The maximum atomic E-state index is 4.09. The molecule has 2 N–H and O–H groups in total. The van der Waals surface area contributed by atoms with Crippen molar-refractivity contribution in [2.45, 2.75) is 25.4 Å². The van der Waals surface area contributed by atoms with Gasteiger partial charge in [0.2, 0.25) is 0 Å². The van der Waals surface area contributed by atoms with E-state index < -0.39 is 0 Å². The predicted octanol–water partition coefficient (Wildman–Crippen LogP) is 0.923. The van der Waals surface area contributed by atoms with Crippen LogP contribution in [0, 0.1) is 0 Å². The van der Waals surface area contributed by atoms with Gasteiger partial charge in [-0.25, -0.2) is 0 Å². The highest BCUT2D eigenvalue weighted by Gasteiger charge is 2.11. The fourth-order valence-corrected chi connectivity index (χ4v) is 1.79. The molecule has 0 aliphatic carbocycles. The van der Waals surface area contributed by atoms with Gasteiger partial charge in [0.1, 0.15) is 0 Å². The first-order valence-corrected chi connectivity index (χ1v) is 5.28. The second-order valence-electron chi connectivity index (χ2n) is 3.79. The van der Waals surface area contributed by atoms with E-state index in [0.29, 0.717) is 6.04 Å². The lowest BCUT2D eigenvalue weighted by Gasteiger charge is -2.23. The van der Waals surface area contributed by atoms with Gasteiger partial charge < -0.3 is 10.6 Å². The SMILES string of the molecule is c1cncc(CN[C@H]2CCCNC2)c1. The lowest BCUT2D eigenvalue weighted by Crippen LogP contribution is -2.42. The summed E-state index contributed by atoms with van der Waals surface area (Å²) in [5, 5.41) is 6.93. The first-order chi connectivity index (χ1) is 6.95. The predicted molar refractivity (Wildman–Crippen MR) is 57.0 cm³/mol. The minimum Gasteiger partial charge on any atom is -0.315 e. The normalized spacial score (nSPS) is 22.1. The summed E-state index contributed by atoms with van der Waals surface area (Å²) in [4.78, 5) is 4.09. The van der Waals surface area contributed by atoms with Crippen LogP contribution in [-0.2, 0) is 6.54 Å². The Morgan fingerprint density at radius 3 is 3.29 bits per heavy atom. The highest BCUT2D eigenvalue weighted by molar-refractivity contribution is 5.08. The summed E-state index contributed by atoms with van der Waals surface area (Å²) in [7, 11) is 0. The molecule has 3 heteroatoms. The van der Waals surface area contributed by atoms with Gasteiger partial charge >= 0.3 is 0 Å². The monoisotopic (exact) mass is 191 g/mol. The molecule has 0 unspecified atom stereocenters. The maximum Gasteiger partial charge on any atom is 0.0312 e. The van der Waals surface area contributed by atoms with E-state index in [-0.39, 0.29) is 0 Å². The number of hydrogen-bond acceptors (Lipinski definition) is 3. The van der Waals surface area contributed by atoms with Crippen LogP contribution in [0.4, 0.5) is 0 Å². The van der Waals surface area contributed by atoms with Crippen molar-refractivity contribution in [3.63, 3.8) is 0 Å². The van der Waals surface area contributed by atoms with Crippen LogP contribution < -0.4 is 10.6 Å². The average molecular weight is 191 g/mol. The Labute approximate surface area is 84.9 Å². The summed E-state index contributed by atoms with van der Waals surface area (Å²) in [5.74, 6) is 0. The lowest BCUT2D eigenvalue weighted by atomic mass is 10.1. The zero-order valence-corrected chi connectivity index (χ0v) is 8.37. The van der Waals surface area contributed by atoms with Gasteiger partial charge in [0.25, 0.3) is 0 Å². The Bertz CT molecular complexity index is 254. The second-order valence-corrected chi connectivity index (χ2v) is 3.79. The third kappa shape index (κ3) is 2.79. The number of aromatic nitrogens is 1. The topological polar surface area (TPSA) is 37.0 Å². The molecule has 1 aliphatic heterocycles. The molecule has 1 aromatic rings.